The van der Waals surface area contributed by atoms with Gasteiger partial charge in [0.2, 0.25) is 0 Å². The van der Waals surface area contributed by atoms with Crippen LogP contribution < -0.4 is 10.1 Å². The summed E-state index contributed by atoms with van der Waals surface area (Å²) in [6.45, 7) is 0.337. The summed E-state index contributed by atoms with van der Waals surface area (Å²) in [7, 11) is 1.54. The number of benzene rings is 3. The van der Waals surface area contributed by atoms with Crippen molar-refractivity contribution in [3.63, 3.8) is 0 Å². The van der Waals surface area contributed by atoms with Crippen molar-refractivity contribution in [2.24, 2.45) is 5.16 Å². The number of hydrogen-bond acceptors (Lipinski definition) is 4. The van der Waals surface area contributed by atoms with Gasteiger partial charge in [0.15, 0.2) is 6.10 Å². The third-order valence-corrected chi connectivity index (χ3v) is 5.22. The molecular weight excluding hydrogens is 409 g/mol. The summed E-state index contributed by atoms with van der Waals surface area (Å²) in [6.07, 6.45) is 0.222. The molecule has 3 aromatic rings. The summed E-state index contributed by atoms with van der Waals surface area (Å²) in [6, 6.07) is 22.9. The minimum atomic E-state index is -0.380. The molecule has 32 heavy (non-hydrogen) atoms. The number of rotatable bonds is 7. The molecule has 0 radical (unpaired) electrons. The lowest BCUT2D eigenvalue weighted by Crippen LogP contribution is -2.40. The lowest BCUT2D eigenvalue weighted by Gasteiger charge is -2.26. The fourth-order valence-electron chi connectivity index (χ4n) is 3.57. The maximum atomic E-state index is 14.3. The molecule has 0 aromatic heterocycles. The van der Waals surface area contributed by atoms with E-state index in [4.69, 9.17) is 9.57 Å². The monoisotopic (exact) mass is 433 g/mol. The molecule has 7 heteroatoms. The van der Waals surface area contributed by atoms with Crippen LogP contribution in [0.15, 0.2) is 84.0 Å². The highest BCUT2D eigenvalue weighted by atomic mass is 19.1. The van der Waals surface area contributed by atoms with Gasteiger partial charge in [-0.3, -0.25) is 0 Å². The third-order valence-electron chi connectivity index (χ3n) is 5.22. The summed E-state index contributed by atoms with van der Waals surface area (Å²) in [5.41, 5.74) is 2.76. The zero-order chi connectivity index (χ0) is 22.3. The Morgan fingerprint density at radius 2 is 1.81 bits per heavy atom. The SMILES string of the molecule is COc1ccccc1NC(=O)N(Cc1ccccc1F)C[C@@H]1CC(c2ccccc2)=NO1. The molecule has 1 N–H and O–H groups in total. The number of para-hydroxylation sites is 2. The first kappa shape index (κ1) is 21.4. The molecule has 1 atom stereocenters. The molecule has 0 saturated carbocycles. The Bertz CT molecular complexity index is 1100. The van der Waals surface area contributed by atoms with Crippen molar-refractivity contribution < 1.29 is 18.8 Å². The third kappa shape index (κ3) is 5.06. The first-order chi connectivity index (χ1) is 15.6. The number of carbonyl (C=O) groups is 1. The van der Waals surface area contributed by atoms with Gasteiger partial charge in [-0.05, 0) is 23.8 Å². The van der Waals surface area contributed by atoms with Crippen LogP contribution in [0.5, 0.6) is 5.75 Å². The zero-order valence-corrected chi connectivity index (χ0v) is 17.7. The van der Waals surface area contributed by atoms with Gasteiger partial charge in [0.05, 0.1) is 31.6 Å². The van der Waals surface area contributed by atoms with E-state index in [1.807, 2.05) is 36.4 Å². The van der Waals surface area contributed by atoms with E-state index in [0.717, 1.165) is 11.3 Å². The van der Waals surface area contributed by atoms with Crippen LogP contribution in [0.1, 0.15) is 17.5 Å². The Morgan fingerprint density at radius 1 is 1.09 bits per heavy atom. The van der Waals surface area contributed by atoms with Gasteiger partial charge in [0.1, 0.15) is 11.6 Å². The minimum Gasteiger partial charge on any atom is -0.495 e. The average Bonchev–Trinajstić information content (AvgIpc) is 3.29. The van der Waals surface area contributed by atoms with Gasteiger partial charge in [-0.25, -0.2) is 9.18 Å². The number of nitrogens with one attached hydrogen (secondary N) is 1. The second-order valence-electron chi connectivity index (χ2n) is 7.44. The summed E-state index contributed by atoms with van der Waals surface area (Å²) in [5, 5.41) is 7.06. The van der Waals surface area contributed by atoms with E-state index in [2.05, 4.69) is 10.5 Å². The molecule has 4 rings (SSSR count). The number of amides is 2. The highest BCUT2D eigenvalue weighted by molar-refractivity contribution is 6.01. The van der Waals surface area contributed by atoms with Gasteiger partial charge < -0.3 is 19.8 Å². The lowest BCUT2D eigenvalue weighted by atomic mass is 10.0. The number of carbonyl (C=O) groups excluding carboxylic acids is 1. The van der Waals surface area contributed by atoms with E-state index < -0.39 is 0 Å². The Kier molecular flexibility index (Phi) is 6.65. The average molecular weight is 433 g/mol. The highest BCUT2D eigenvalue weighted by Gasteiger charge is 2.27. The first-order valence-corrected chi connectivity index (χ1v) is 10.3. The Balaban J connectivity index is 1.50. The summed E-state index contributed by atoms with van der Waals surface area (Å²) >= 11 is 0. The summed E-state index contributed by atoms with van der Waals surface area (Å²) in [4.78, 5) is 20.3. The van der Waals surface area contributed by atoms with Crippen molar-refractivity contribution in [1.82, 2.24) is 4.90 Å². The molecule has 0 saturated heterocycles. The second-order valence-corrected chi connectivity index (χ2v) is 7.44. The van der Waals surface area contributed by atoms with Gasteiger partial charge in [-0.15, -0.1) is 0 Å². The Morgan fingerprint density at radius 3 is 2.59 bits per heavy atom. The molecule has 1 heterocycles. The number of hydrogen-bond donors (Lipinski definition) is 1. The van der Waals surface area contributed by atoms with Gasteiger partial charge >= 0.3 is 6.03 Å². The molecule has 0 bridgehead atoms. The molecule has 0 spiro atoms. The quantitative estimate of drug-likeness (QED) is 0.566. The second kappa shape index (κ2) is 9.96. The molecule has 1 aliphatic rings. The number of urea groups is 1. The fourth-order valence-corrected chi connectivity index (χ4v) is 3.57. The van der Waals surface area contributed by atoms with Crippen molar-refractivity contribution in [1.29, 1.82) is 0 Å². The Hall–Kier alpha value is -3.87. The standard InChI is InChI=1S/C25H24FN3O3/c1-31-24-14-8-7-13-22(24)27-25(30)29(16-19-11-5-6-12-21(19)26)17-20-15-23(28-32-20)18-9-3-2-4-10-18/h2-14,20H,15-17H2,1H3,(H,27,30)/t20-/m0/s1. The van der Waals surface area contributed by atoms with Crippen LogP contribution in [0.25, 0.3) is 0 Å². The molecule has 1 aliphatic heterocycles. The van der Waals surface area contributed by atoms with Gasteiger partial charge in [-0.1, -0.05) is 65.8 Å². The van der Waals surface area contributed by atoms with E-state index in [1.54, 1.807) is 36.4 Å². The van der Waals surface area contributed by atoms with Crippen LogP contribution in [-0.2, 0) is 11.4 Å². The van der Waals surface area contributed by atoms with E-state index in [-0.39, 0.29) is 31.0 Å². The molecule has 2 amide bonds. The van der Waals surface area contributed by atoms with Crippen LogP contribution in [0.3, 0.4) is 0 Å². The molecule has 164 valence electrons. The maximum Gasteiger partial charge on any atom is 0.322 e. The maximum absolute atomic E-state index is 14.3. The van der Waals surface area contributed by atoms with Crippen LogP contribution in [0.2, 0.25) is 0 Å². The molecule has 3 aromatic carbocycles. The number of ether oxygens (including phenoxy) is 1. The van der Waals surface area contributed by atoms with Gasteiger partial charge in [0, 0.05) is 12.0 Å². The fraction of sp³-hybridized carbons (Fsp3) is 0.200. The van der Waals surface area contributed by atoms with Crippen LogP contribution in [-0.4, -0.2) is 36.4 Å². The topological polar surface area (TPSA) is 63.2 Å². The van der Waals surface area contributed by atoms with Crippen LogP contribution in [0.4, 0.5) is 14.9 Å². The molecule has 6 nitrogen and oxygen atoms in total. The normalized spacial score (nSPS) is 14.9. The molecular formula is C25H24FN3O3. The predicted octanol–water partition coefficient (Wildman–Crippen LogP) is 5.06. The van der Waals surface area contributed by atoms with Crippen molar-refractivity contribution in [2.45, 2.75) is 19.1 Å². The highest BCUT2D eigenvalue weighted by Crippen LogP contribution is 2.25. The van der Waals surface area contributed by atoms with E-state index in [0.29, 0.717) is 23.4 Å². The van der Waals surface area contributed by atoms with E-state index >= 15 is 0 Å². The first-order valence-electron chi connectivity index (χ1n) is 10.3. The Labute approximate surface area is 186 Å². The largest absolute Gasteiger partial charge is 0.495 e. The van der Waals surface area contributed by atoms with E-state index in [1.165, 1.54) is 18.1 Å². The lowest BCUT2D eigenvalue weighted by molar-refractivity contribution is 0.0606. The van der Waals surface area contributed by atoms with E-state index in [9.17, 15) is 9.18 Å². The molecule has 0 aliphatic carbocycles. The minimum absolute atomic E-state index is 0.0915. The van der Waals surface area contributed by atoms with Crippen molar-refractivity contribution in [2.75, 3.05) is 19.0 Å². The van der Waals surface area contributed by atoms with Gasteiger partial charge in [-0.2, -0.15) is 0 Å². The number of anilines is 1. The molecule has 0 unspecified atom stereocenters. The molecule has 0 fully saturated rings. The summed E-state index contributed by atoms with van der Waals surface area (Å²) < 4.78 is 19.6. The zero-order valence-electron chi connectivity index (χ0n) is 17.7. The van der Waals surface area contributed by atoms with Crippen LogP contribution >= 0.6 is 0 Å². The number of methoxy groups -OCH3 is 1. The van der Waals surface area contributed by atoms with Crippen LogP contribution in [0, 0.1) is 5.82 Å². The van der Waals surface area contributed by atoms with Gasteiger partial charge in [0.25, 0.3) is 0 Å². The van der Waals surface area contributed by atoms with Crippen molar-refractivity contribution in [3.8, 4) is 5.75 Å². The number of oxime groups is 1. The summed E-state index contributed by atoms with van der Waals surface area (Å²) in [5.74, 6) is 0.176. The van der Waals surface area contributed by atoms with Crippen molar-refractivity contribution >= 4 is 17.4 Å². The number of halogens is 1. The van der Waals surface area contributed by atoms with Crippen molar-refractivity contribution in [3.05, 3.63) is 95.8 Å². The number of nitrogens with zero attached hydrogens (tertiary/aromatic N) is 2. The predicted molar refractivity (Wildman–Crippen MR) is 121 cm³/mol. The smallest absolute Gasteiger partial charge is 0.322 e.